The highest BCUT2D eigenvalue weighted by molar-refractivity contribution is 7.92. The van der Waals surface area contributed by atoms with Crippen LogP contribution in [0.15, 0.2) is 46.3 Å². The van der Waals surface area contributed by atoms with E-state index in [1.165, 1.54) is 18.4 Å². The molecule has 0 aliphatic carbocycles. The highest BCUT2D eigenvalue weighted by atomic mass is 32.2. The van der Waals surface area contributed by atoms with Crippen LogP contribution < -0.4 is 4.31 Å². The van der Waals surface area contributed by atoms with Gasteiger partial charge in [0, 0.05) is 19.2 Å². The lowest BCUT2D eigenvalue weighted by Gasteiger charge is -2.21. The van der Waals surface area contributed by atoms with E-state index in [1.54, 1.807) is 29.2 Å². The molecule has 0 spiro atoms. The zero-order valence-corrected chi connectivity index (χ0v) is 17.3. The van der Waals surface area contributed by atoms with Gasteiger partial charge >= 0.3 is 0 Å². The number of rotatable bonds is 7. The summed E-state index contributed by atoms with van der Waals surface area (Å²) in [6.45, 7) is 2.45. The molecule has 1 aromatic carbocycles. The van der Waals surface area contributed by atoms with E-state index >= 15 is 0 Å². The molecule has 0 N–H and O–H groups in total. The van der Waals surface area contributed by atoms with Gasteiger partial charge in [0.15, 0.2) is 0 Å². The standard InChI is InChI=1S/C18H20N4O4S2/c1-4-22(12-16-19-17(20-26-16)15-9-6-10-27-15)18(23)13-7-5-8-14(11-13)21(2)28(3,24)25/h5-11H,4,12H2,1-3H3. The van der Waals surface area contributed by atoms with Crippen molar-refractivity contribution >= 4 is 33.0 Å². The van der Waals surface area contributed by atoms with Crippen LogP contribution in [0.4, 0.5) is 5.69 Å². The molecule has 0 aliphatic heterocycles. The summed E-state index contributed by atoms with van der Waals surface area (Å²) in [5.74, 6) is 0.579. The molecule has 0 saturated carbocycles. The number of benzene rings is 1. The summed E-state index contributed by atoms with van der Waals surface area (Å²) < 4.78 is 29.9. The second kappa shape index (κ2) is 8.11. The minimum Gasteiger partial charge on any atom is -0.337 e. The fourth-order valence-electron chi connectivity index (χ4n) is 2.52. The second-order valence-corrected chi connectivity index (χ2v) is 9.05. The van der Waals surface area contributed by atoms with E-state index in [0.717, 1.165) is 15.4 Å². The van der Waals surface area contributed by atoms with Crippen molar-refractivity contribution in [2.45, 2.75) is 13.5 Å². The number of hydrogen-bond acceptors (Lipinski definition) is 7. The number of amides is 1. The van der Waals surface area contributed by atoms with Crippen molar-refractivity contribution in [3.8, 4) is 10.7 Å². The van der Waals surface area contributed by atoms with Crippen molar-refractivity contribution in [3.63, 3.8) is 0 Å². The first-order valence-electron chi connectivity index (χ1n) is 8.49. The number of nitrogens with zero attached hydrogens (tertiary/aromatic N) is 4. The maximum absolute atomic E-state index is 12.9. The van der Waals surface area contributed by atoms with Crippen molar-refractivity contribution in [2.75, 3.05) is 24.2 Å². The summed E-state index contributed by atoms with van der Waals surface area (Å²) in [5.41, 5.74) is 0.801. The van der Waals surface area contributed by atoms with Gasteiger partial charge in [0.2, 0.25) is 21.7 Å². The average Bonchev–Trinajstić information content (AvgIpc) is 3.36. The molecule has 10 heteroatoms. The topological polar surface area (TPSA) is 96.6 Å². The quantitative estimate of drug-likeness (QED) is 0.583. The van der Waals surface area contributed by atoms with Crippen LogP contribution in [0.3, 0.4) is 0 Å². The molecule has 3 rings (SSSR count). The normalized spacial score (nSPS) is 11.4. The van der Waals surface area contributed by atoms with Crippen molar-refractivity contribution in [3.05, 3.63) is 53.2 Å². The second-order valence-electron chi connectivity index (χ2n) is 6.09. The van der Waals surface area contributed by atoms with E-state index in [2.05, 4.69) is 10.1 Å². The molecule has 1 amide bonds. The number of carbonyl (C=O) groups is 1. The Morgan fingerprint density at radius 1 is 1.25 bits per heavy atom. The molecule has 2 aromatic heterocycles. The van der Waals surface area contributed by atoms with E-state index in [4.69, 9.17) is 4.52 Å². The van der Waals surface area contributed by atoms with Crippen molar-refractivity contribution in [1.82, 2.24) is 15.0 Å². The number of sulfonamides is 1. The van der Waals surface area contributed by atoms with Gasteiger partial charge in [-0.2, -0.15) is 4.98 Å². The summed E-state index contributed by atoms with van der Waals surface area (Å²) in [4.78, 5) is 19.7. The molecule has 0 atom stereocenters. The van der Waals surface area contributed by atoms with Crippen LogP contribution in [0, 0.1) is 0 Å². The molecule has 0 aliphatic rings. The first-order valence-corrected chi connectivity index (χ1v) is 11.2. The summed E-state index contributed by atoms with van der Waals surface area (Å²) in [6.07, 6.45) is 1.11. The molecule has 0 bridgehead atoms. The number of anilines is 1. The molecule has 0 saturated heterocycles. The Bertz CT molecular complexity index is 1060. The van der Waals surface area contributed by atoms with Crippen LogP contribution in [-0.2, 0) is 16.6 Å². The van der Waals surface area contributed by atoms with Crippen LogP contribution in [0.5, 0.6) is 0 Å². The van der Waals surface area contributed by atoms with E-state index < -0.39 is 10.0 Å². The van der Waals surface area contributed by atoms with Gasteiger partial charge in [0.25, 0.3) is 5.91 Å². The highest BCUT2D eigenvalue weighted by Gasteiger charge is 2.20. The average molecular weight is 421 g/mol. The monoisotopic (exact) mass is 420 g/mol. The fraction of sp³-hybridized carbons (Fsp3) is 0.278. The first kappa shape index (κ1) is 20.0. The maximum Gasteiger partial charge on any atom is 0.254 e. The smallest absolute Gasteiger partial charge is 0.254 e. The van der Waals surface area contributed by atoms with Crippen molar-refractivity contribution in [1.29, 1.82) is 0 Å². The summed E-state index contributed by atoms with van der Waals surface area (Å²) in [5, 5.41) is 5.88. The Morgan fingerprint density at radius 3 is 2.68 bits per heavy atom. The van der Waals surface area contributed by atoms with Crippen LogP contribution in [0.25, 0.3) is 10.7 Å². The summed E-state index contributed by atoms with van der Waals surface area (Å²) in [6, 6.07) is 10.3. The minimum absolute atomic E-state index is 0.167. The SMILES string of the molecule is CCN(Cc1nc(-c2cccs2)no1)C(=O)c1cccc(N(C)S(C)(=O)=O)c1. The number of thiophene rings is 1. The van der Waals surface area contributed by atoms with Gasteiger partial charge in [-0.05, 0) is 36.6 Å². The van der Waals surface area contributed by atoms with Gasteiger partial charge in [-0.3, -0.25) is 9.10 Å². The lowest BCUT2D eigenvalue weighted by Crippen LogP contribution is -2.31. The van der Waals surface area contributed by atoms with Crippen molar-refractivity contribution < 1.29 is 17.7 Å². The zero-order valence-electron chi connectivity index (χ0n) is 15.7. The van der Waals surface area contributed by atoms with Crippen LogP contribution >= 0.6 is 11.3 Å². The first-order chi connectivity index (χ1) is 13.3. The molecule has 0 fully saturated rings. The maximum atomic E-state index is 12.9. The van der Waals surface area contributed by atoms with Gasteiger partial charge < -0.3 is 9.42 Å². The fourth-order valence-corrected chi connectivity index (χ4v) is 3.67. The number of aromatic nitrogens is 2. The summed E-state index contributed by atoms with van der Waals surface area (Å²) >= 11 is 1.50. The molecular weight excluding hydrogens is 400 g/mol. The Labute approximate surface area is 167 Å². The van der Waals surface area contributed by atoms with Crippen LogP contribution in [-0.4, -0.2) is 49.2 Å². The molecule has 8 nitrogen and oxygen atoms in total. The highest BCUT2D eigenvalue weighted by Crippen LogP contribution is 2.22. The molecular formula is C18H20N4O4S2. The van der Waals surface area contributed by atoms with Crippen LogP contribution in [0.2, 0.25) is 0 Å². The third-order valence-electron chi connectivity index (χ3n) is 4.16. The number of carbonyl (C=O) groups excluding carboxylic acids is 1. The molecule has 0 unspecified atom stereocenters. The van der Waals surface area contributed by atoms with Gasteiger partial charge in [-0.1, -0.05) is 17.3 Å². The predicted octanol–water partition coefficient (Wildman–Crippen LogP) is 2.86. The lowest BCUT2D eigenvalue weighted by atomic mass is 10.1. The van der Waals surface area contributed by atoms with E-state index in [0.29, 0.717) is 29.5 Å². The Kier molecular flexibility index (Phi) is 5.80. The van der Waals surface area contributed by atoms with Crippen LogP contribution in [0.1, 0.15) is 23.2 Å². The van der Waals surface area contributed by atoms with Gasteiger partial charge in [-0.15, -0.1) is 11.3 Å². The molecule has 0 radical (unpaired) electrons. The molecule has 3 aromatic rings. The summed E-state index contributed by atoms with van der Waals surface area (Å²) in [7, 11) is -1.97. The van der Waals surface area contributed by atoms with Gasteiger partial charge in [0.05, 0.1) is 16.8 Å². The van der Waals surface area contributed by atoms with Gasteiger partial charge in [-0.25, -0.2) is 8.42 Å². The van der Waals surface area contributed by atoms with E-state index in [9.17, 15) is 13.2 Å². The third kappa shape index (κ3) is 4.39. The van der Waals surface area contributed by atoms with Crippen molar-refractivity contribution in [2.24, 2.45) is 0 Å². The lowest BCUT2D eigenvalue weighted by molar-refractivity contribution is 0.0734. The molecule has 28 heavy (non-hydrogen) atoms. The van der Waals surface area contributed by atoms with Gasteiger partial charge in [0.1, 0.15) is 6.54 Å². The predicted molar refractivity (Wildman–Crippen MR) is 108 cm³/mol. The Morgan fingerprint density at radius 2 is 2.04 bits per heavy atom. The molecule has 148 valence electrons. The zero-order chi connectivity index (χ0) is 20.3. The number of hydrogen-bond donors (Lipinski definition) is 0. The van der Waals surface area contributed by atoms with E-state index in [-0.39, 0.29) is 12.5 Å². The Hall–Kier alpha value is -2.72. The Balaban J connectivity index is 1.79. The van der Waals surface area contributed by atoms with E-state index in [1.807, 2.05) is 24.4 Å². The third-order valence-corrected chi connectivity index (χ3v) is 6.23. The molecule has 2 heterocycles. The largest absolute Gasteiger partial charge is 0.337 e. The minimum atomic E-state index is -3.42.